The quantitative estimate of drug-likeness (QED) is 0.660. The number of nitrogens with one attached hydrogen (secondary N) is 1. The van der Waals surface area contributed by atoms with Gasteiger partial charge in [0, 0.05) is 25.7 Å². The molecule has 2 atom stereocenters. The molecule has 124 valence electrons. The van der Waals surface area contributed by atoms with E-state index in [1.165, 1.54) is 51.5 Å². The minimum Gasteiger partial charge on any atom is -0.372 e. The molecule has 0 radical (unpaired) electrons. The summed E-state index contributed by atoms with van der Waals surface area (Å²) in [6, 6.07) is 0.827. The normalized spacial score (nSPS) is 27.3. The van der Waals surface area contributed by atoms with Crippen LogP contribution in [0.5, 0.6) is 0 Å². The van der Waals surface area contributed by atoms with Gasteiger partial charge in [0.25, 0.3) is 0 Å². The Morgan fingerprint density at radius 3 is 2.48 bits per heavy atom. The average Bonchev–Trinajstić information content (AvgIpc) is 3.09. The Labute approximate surface area is 131 Å². The first-order valence-electron chi connectivity index (χ1n) is 9.29. The number of nitrogens with zero attached hydrogens (tertiary/aromatic N) is 1. The summed E-state index contributed by atoms with van der Waals surface area (Å²) in [5.74, 6) is 0.758. The summed E-state index contributed by atoms with van der Waals surface area (Å²) in [4.78, 5) is 2.74. The molecule has 3 nitrogen and oxygen atoms in total. The van der Waals surface area contributed by atoms with Crippen molar-refractivity contribution in [3.63, 3.8) is 0 Å². The lowest BCUT2D eigenvalue weighted by molar-refractivity contribution is 0.0120. The zero-order valence-electron chi connectivity index (χ0n) is 14.4. The lowest BCUT2D eigenvalue weighted by atomic mass is 10.1. The van der Waals surface area contributed by atoms with Crippen LogP contribution in [0.1, 0.15) is 65.7 Å². The topological polar surface area (TPSA) is 24.5 Å². The summed E-state index contributed by atoms with van der Waals surface area (Å²) >= 11 is 0. The maximum atomic E-state index is 6.28. The SMILES string of the molecule is CCCNCC1CCC(CN(CC(C)C)C2CCCC2)O1. The van der Waals surface area contributed by atoms with E-state index in [1.54, 1.807) is 0 Å². The molecule has 1 N–H and O–H groups in total. The van der Waals surface area contributed by atoms with Crippen molar-refractivity contribution in [2.24, 2.45) is 5.92 Å². The number of rotatable bonds is 9. The van der Waals surface area contributed by atoms with E-state index in [0.29, 0.717) is 12.2 Å². The van der Waals surface area contributed by atoms with Gasteiger partial charge in [-0.1, -0.05) is 33.6 Å². The zero-order chi connectivity index (χ0) is 15.1. The van der Waals surface area contributed by atoms with Crippen LogP contribution in [0.2, 0.25) is 0 Å². The van der Waals surface area contributed by atoms with Crippen LogP contribution in [0.4, 0.5) is 0 Å². The van der Waals surface area contributed by atoms with Gasteiger partial charge in [0.15, 0.2) is 0 Å². The van der Waals surface area contributed by atoms with Gasteiger partial charge in [-0.3, -0.25) is 4.90 Å². The number of hydrogen-bond donors (Lipinski definition) is 1. The Morgan fingerprint density at radius 1 is 1.10 bits per heavy atom. The third-order valence-electron chi connectivity index (χ3n) is 4.87. The van der Waals surface area contributed by atoms with Crippen LogP contribution < -0.4 is 5.32 Å². The van der Waals surface area contributed by atoms with E-state index >= 15 is 0 Å². The second-order valence-electron chi connectivity index (χ2n) is 7.45. The van der Waals surface area contributed by atoms with Gasteiger partial charge in [-0.2, -0.15) is 0 Å². The van der Waals surface area contributed by atoms with E-state index < -0.39 is 0 Å². The van der Waals surface area contributed by atoms with Crippen LogP contribution in [0.25, 0.3) is 0 Å². The van der Waals surface area contributed by atoms with Crippen LogP contribution >= 0.6 is 0 Å². The van der Waals surface area contributed by atoms with Crippen LogP contribution in [-0.2, 0) is 4.74 Å². The predicted octanol–water partition coefficient (Wildman–Crippen LogP) is 3.43. The van der Waals surface area contributed by atoms with E-state index in [4.69, 9.17) is 4.74 Å². The summed E-state index contributed by atoms with van der Waals surface area (Å²) in [5.41, 5.74) is 0. The summed E-state index contributed by atoms with van der Waals surface area (Å²) in [6.45, 7) is 11.5. The molecule has 1 saturated carbocycles. The monoisotopic (exact) mass is 296 g/mol. The van der Waals surface area contributed by atoms with Gasteiger partial charge in [-0.15, -0.1) is 0 Å². The summed E-state index contributed by atoms with van der Waals surface area (Å²) < 4.78 is 6.28. The highest BCUT2D eigenvalue weighted by Gasteiger charge is 2.30. The van der Waals surface area contributed by atoms with Gasteiger partial charge >= 0.3 is 0 Å². The Morgan fingerprint density at radius 2 is 1.81 bits per heavy atom. The molecule has 21 heavy (non-hydrogen) atoms. The van der Waals surface area contributed by atoms with Gasteiger partial charge in [0.2, 0.25) is 0 Å². The first-order chi connectivity index (χ1) is 10.2. The van der Waals surface area contributed by atoms with Crippen molar-refractivity contribution < 1.29 is 4.74 Å². The van der Waals surface area contributed by atoms with Crippen LogP contribution in [0.15, 0.2) is 0 Å². The third kappa shape index (κ3) is 5.88. The first-order valence-corrected chi connectivity index (χ1v) is 9.29. The van der Waals surface area contributed by atoms with Gasteiger partial charge < -0.3 is 10.1 Å². The van der Waals surface area contributed by atoms with E-state index in [0.717, 1.165) is 31.6 Å². The second kappa shape index (κ2) is 9.12. The molecule has 2 unspecified atom stereocenters. The molecule has 1 heterocycles. The molecule has 1 saturated heterocycles. The smallest absolute Gasteiger partial charge is 0.0707 e. The second-order valence-corrected chi connectivity index (χ2v) is 7.45. The van der Waals surface area contributed by atoms with Gasteiger partial charge in [-0.25, -0.2) is 0 Å². The van der Waals surface area contributed by atoms with Gasteiger partial charge in [-0.05, 0) is 44.6 Å². The molecule has 2 rings (SSSR count). The fraction of sp³-hybridized carbons (Fsp3) is 1.00. The lowest BCUT2D eigenvalue weighted by Crippen LogP contribution is -2.41. The molecule has 1 aliphatic heterocycles. The largest absolute Gasteiger partial charge is 0.372 e. The molecular weight excluding hydrogens is 260 g/mol. The van der Waals surface area contributed by atoms with E-state index in [-0.39, 0.29) is 0 Å². The van der Waals surface area contributed by atoms with Gasteiger partial charge in [0.1, 0.15) is 0 Å². The standard InChI is InChI=1S/C18H36N2O/c1-4-11-19-12-17-9-10-18(21-17)14-20(13-15(2)3)16-7-5-6-8-16/h15-19H,4-14H2,1-3H3. The Balaban J connectivity index is 1.75. The molecule has 1 aliphatic carbocycles. The van der Waals surface area contributed by atoms with E-state index in [2.05, 4.69) is 31.0 Å². The molecular formula is C18H36N2O. The summed E-state index contributed by atoms with van der Waals surface area (Å²) in [6.07, 6.45) is 10.3. The fourth-order valence-corrected chi connectivity index (χ4v) is 3.88. The van der Waals surface area contributed by atoms with Crippen LogP contribution in [0.3, 0.4) is 0 Å². The lowest BCUT2D eigenvalue weighted by Gasteiger charge is -2.32. The Bertz CT molecular complexity index is 276. The van der Waals surface area contributed by atoms with Crippen LogP contribution in [0, 0.1) is 5.92 Å². The molecule has 2 fully saturated rings. The highest BCUT2D eigenvalue weighted by molar-refractivity contribution is 4.83. The minimum atomic E-state index is 0.450. The molecule has 0 aromatic heterocycles. The fourth-order valence-electron chi connectivity index (χ4n) is 3.88. The molecule has 2 aliphatic rings. The van der Waals surface area contributed by atoms with Crippen molar-refractivity contribution in [3.8, 4) is 0 Å². The van der Waals surface area contributed by atoms with Crippen molar-refractivity contribution in [1.82, 2.24) is 10.2 Å². The molecule has 0 bridgehead atoms. The molecule has 0 aromatic rings. The van der Waals surface area contributed by atoms with Crippen molar-refractivity contribution >= 4 is 0 Å². The summed E-state index contributed by atoms with van der Waals surface area (Å²) in [5, 5.41) is 3.50. The zero-order valence-corrected chi connectivity index (χ0v) is 14.4. The predicted molar refractivity (Wildman–Crippen MR) is 89.7 cm³/mol. The number of hydrogen-bond acceptors (Lipinski definition) is 3. The maximum absolute atomic E-state index is 6.28. The van der Waals surface area contributed by atoms with Crippen LogP contribution in [-0.4, -0.2) is 49.3 Å². The van der Waals surface area contributed by atoms with E-state index in [1.807, 2.05) is 0 Å². The third-order valence-corrected chi connectivity index (χ3v) is 4.87. The van der Waals surface area contributed by atoms with Crippen molar-refractivity contribution in [1.29, 1.82) is 0 Å². The highest BCUT2D eigenvalue weighted by Crippen LogP contribution is 2.27. The molecule has 0 amide bonds. The first kappa shape index (κ1) is 17.2. The molecule has 0 spiro atoms. The number of ether oxygens (including phenoxy) is 1. The molecule has 3 heteroatoms. The summed E-state index contributed by atoms with van der Waals surface area (Å²) in [7, 11) is 0. The van der Waals surface area contributed by atoms with Gasteiger partial charge in [0.05, 0.1) is 12.2 Å². The van der Waals surface area contributed by atoms with Crippen molar-refractivity contribution in [2.75, 3.05) is 26.2 Å². The van der Waals surface area contributed by atoms with Crippen molar-refractivity contribution in [2.45, 2.75) is 84.0 Å². The maximum Gasteiger partial charge on any atom is 0.0707 e. The highest BCUT2D eigenvalue weighted by atomic mass is 16.5. The average molecular weight is 296 g/mol. The minimum absolute atomic E-state index is 0.450. The Hall–Kier alpha value is -0.120. The molecule has 0 aromatic carbocycles. The van der Waals surface area contributed by atoms with Crippen molar-refractivity contribution in [3.05, 3.63) is 0 Å². The Kier molecular flexibility index (Phi) is 7.48. The van der Waals surface area contributed by atoms with E-state index in [9.17, 15) is 0 Å².